The largest absolute Gasteiger partial charge is 0.444 e. The van der Waals surface area contributed by atoms with Crippen molar-refractivity contribution in [1.82, 2.24) is 9.80 Å². The number of nitrogens with zero attached hydrogens (tertiary/aromatic N) is 2. The first-order valence-corrected chi connectivity index (χ1v) is 10.00. The van der Waals surface area contributed by atoms with Crippen LogP contribution >= 0.6 is 15.9 Å². The highest BCUT2D eigenvalue weighted by molar-refractivity contribution is 9.10. The number of carbonyl (C=O) groups is 2. The van der Waals surface area contributed by atoms with Crippen LogP contribution in [0.5, 0.6) is 0 Å². The molecule has 1 heterocycles. The second-order valence-electron chi connectivity index (χ2n) is 7.74. The summed E-state index contributed by atoms with van der Waals surface area (Å²) in [7, 11) is 0. The molecule has 2 amide bonds. The molecule has 1 saturated heterocycles. The fraction of sp³-hybridized carbons (Fsp3) is 0.600. The minimum Gasteiger partial charge on any atom is -0.444 e. The zero-order chi connectivity index (χ0) is 19.3. The summed E-state index contributed by atoms with van der Waals surface area (Å²) in [5.41, 5.74) is 0.577. The number of carbonyl (C=O) groups excluding carboxylic acids is 2. The molecular formula is C20H29BrN2O3. The summed E-state index contributed by atoms with van der Waals surface area (Å²) in [5, 5.41) is 0. The lowest BCUT2D eigenvalue weighted by atomic mass is 9.96. The number of ether oxygens (including phenoxy) is 1. The summed E-state index contributed by atoms with van der Waals surface area (Å²) in [6, 6.07) is 8.01. The summed E-state index contributed by atoms with van der Waals surface area (Å²) in [5.74, 6) is -0.0460. The molecule has 1 atom stereocenters. The molecule has 0 bridgehead atoms. The summed E-state index contributed by atoms with van der Waals surface area (Å²) in [6.45, 7) is 9.88. The van der Waals surface area contributed by atoms with Crippen molar-refractivity contribution in [3.8, 4) is 0 Å². The number of benzene rings is 1. The molecule has 6 heteroatoms. The van der Waals surface area contributed by atoms with Crippen LogP contribution in [0.1, 0.15) is 46.1 Å². The van der Waals surface area contributed by atoms with E-state index < -0.39 is 5.60 Å². The average molecular weight is 425 g/mol. The Labute approximate surface area is 164 Å². The van der Waals surface area contributed by atoms with E-state index in [2.05, 4.69) is 15.9 Å². The zero-order valence-electron chi connectivity index (χ0n) is 16.1. The van der Waals surface area contributed by atoms with E-state index in [4.69, 9.17) is 4.74 Å². The molecule has 1 fully saturated rings. The molecule has 1 unspecified atom stereocenters. The number of halogens is 1. The van der Waals surface area contributed by atoms with Gasteiger partial charge in [0.25, 0.3) is 0 Å². The monoisotopic (exact) mass is 424 g/mol. The molecule has 1 aliphatic rings. The predicted molar refractivity (Wildman–Crippen MR) is 106 cm³/mol. The van der Waals surface area contributed by atoms with Gasteiger partial charge >= 0.3 is 6.09 Å². The van der Waals surface area contributed by atoms with Crippen molar-refractivity contribution in [2.75, 3.05) is 19.6 Å². The van der Waals surface area contributed by atoms with E-state index >= 15 is 0 Å². The van der Waals surface area contributed by atoms with E-state index in [0.29, 0.717) is 26.2 Å². The molecule has 144 valence electrons. The van der Waals surface area contributed by atoms with Gasteiger partial charge in [-0.15, -0.1) is 0 Å². The second kappa shape index (κ2) is 8.89. The van der Waals surface area contributed by atoms with Crippen molar-refractivity contribution >= 4 is 27.9 Å². The summed E-state index contributed by atoms with van der Waals surface area (Å²) >= 11 is 3.43. The highest BCUT2D eigenvalue weighted by Gasteiger charge is 2.32. The van der Waals surface area contributed by atoms with Crippen molar-refractivity contribution in [3.05, 3.63) is 34.3 Å². The lowest BCUT2D eigenvalue weighted by molar-refractivity contribution is -0.137. The van der Waals surface area contributed by atoms with Gasteiger partial charge in [-0.25, -0.2) is 4.79 Å². The van der Waals surface area contributed by atoms with Crippen LogP contribution in [0, 0.1) is 5.92 Å². The number of piperidine rings is 1. The van der Waals surface area contributed by atoms with Crippen molar-refractivity contribution in [2.24, 2.45) is 5.92 Å². The summed E-state index contributed by atoms with van der Waals surface area (Å²) < 4.78 is 6.48. The van der Waals surface area contributed by atoms with E-state index in [1.165, 1.54) is 0 Å². The maximum absolute atomic E-state index is 13.0. The normalized spacial score (nSPS) is 17.7. The number of likely N-dealkylation sites (tertiary alicyclic amines) is 1. The van der Waals surface area contributed by atoms with Crippen LogP contribution in [-0.4, -0.2) is 47.0 Å². The fourth-order valence-electron chi connectivity index (χ4n) is 3.08. The SMILES string of the molecule is CCN(Cc1ccc(Br)cc1)C(=O)C1CCCN(C(=O)OC(C)(C)C)C1. The van der Waals surface area contributed by atoms with Gasteiger partial charge < -0.3 is 14.5 Å². The molecule has 5 nitrogen and oxygen atoms in total. The molecular weight excluding hydrogens is 396 g/mol. The van der Waals surface area contributed by atoms with Crippen LogP contribution in [0.2, 0.25) is 0 Å². The molecule has 0 spiro atoms. The third-order valence-electron chi connectivity index (χ3n) is 4.40. The van der Waals surface area contributed by atoms with Crippen molar-refractivity contribution in [2.45, 2.75) is 52.7 Å². The van der Waals surface area contributed by atoms with Crippen molar-refractivity contribution in [3.63, 3.8) is 0 Å². The predicted octanol–water partition coefficient (Wildman–Crippen LogP) is 4.44. The first-order chi connectivity index (χ1) is 12.2. The van der Waals surface area contributed by atoms with Crippen LogP contribution in [0.4, 0.5) is 4.79 Å². The Bertz CT molecular complexity index is 625. The maximum Gasteiger partial charge on any atom is 0.410 e. The van der Waals surface area contributed by atoms with Crippen LogP contribution < -0.4 is 0 Å². The van der Waals surface area contributed by atoms with Gasteiger partial charge in [-0.05, 0) is 58.2 Å². The number of hydrogen-bond donors (Lipinski definition) is 0. The third kappa shape index (κ3) is 6.01. The summed E-state index contributed by atoms with van der Waals surface area (Å²) in [6.07, 6.45) is 1.31. The Morgan fingerprint density at radius 2 is 1.92 bits per heavy atom. The van der Waals surface area contributed by atoms with Gasteiger partial charge in [-0.2, -0.15) is 0 Å². The lowest BCUT2D eigenvalue weighted by Gasteiger charge is -2.35. The van der Waals surface area contributed by atoms with Gasteiger partial charge in [0.1, 0.15) is 5.60 Å². The molecule has 0 radical (unpaired) electrons. The van der Waals surface area contributed by atoms with E-state index in [1.54, 1.807) is 4.90 Å². The van der Waals surface area contributed by atoms with E-state index in [1.807, 2.05) is 56.9 Å². The first kappa shape index (κ1) is 20.7. The number of rotatable bonds is 4. The average Bonchev–Trinajstić information content (AvgIpc) is 2.59. The summed E-state index contributed by atoms with van der Waals surface area (Å²) in [4.78, 5) is 28.8. The number of hydrogen-bond acceptors (Lipinski definition) is 3. The Morgan fingerprint density at radius 1 is 1.27 bits per heavy atom. The number of amides is 2. The lowest BCUT2D eigenvalue weighted by Crippen LogP contribution is -2.47. The minimum absolute atomic E-state index is 0.115. The maximum atomic E-state index is 13.0. The second-order valence-corrected chi connectivity index (χ2v) is 8.66. The van der Waals surface area contributed by atoms with Crippen LogP contribution in [0.25, 0.3) is 0 Å². The van der Waals surface area contributed by atoms with Crippen molar-refractivity contribution in [1.29, 1.82) is 0 Å². The van der Waals surface area contributed by atoms with Gasteiger partial charge in [0.15, 0.2) is 0 Å². The molecule has 0 aromatic heterocycles. The highest BCUT2D eigenvalue weighted by Crippen LogP contribution is 2.22. The smallest absolute Gasteiger partial charge is 0.410 e. The minimum atomic E-state index is -0.523. The van der Waals surface area contributed by atoms with E-state index in [0.717, 1.165) is 22.9 Å². The van der Waals surface area contributed by atoms with E-state index in [9.17, 15) is 9.59 Å². The van der Waals surface area contributed by atoms with Crippen molar-refractivity contribution < 1.29 is 14.3 Å². The Kier molecular flexibility index (Phi) is 7.09. The topological polar surface area (TPSA) is 49.9 Å². The Hall–Kier alpha value is -1.56. The van der Waals surface area contributed by atoms with Gasteiger partial charge in [-0.3, -0.25) is 4.79 Å². The molecule has 2 rings (SSSR count). The third-order valence-corrected chi connectivity index (χ3v) is 4.93. The highest BCUT2D eigenvalue weighted by atomic mass is 79.9. The zero-order valence-corrected chi connectivity index (χ0v) is 17.7. The van der Waals surface area contributed by atoms with Gasteiger partial charge in [0.2, 0.25) is 5.91 Å². The quantitative estimate of drug-likeness (QED) is 0.717. The molecule has 1 aromatic rings. The standard InChI is InChI=1S/C20H29BrN2O3/c1-5-22(13-15-8-10-17(21)11-9-15)18(24)16-7-6-12-23(14-16)19(25)26-20(2,3)4/h8-11,16H,5-7,12-14H2,1-4H3. The van der Waals surface area contributed by atoms with Crippen LogP contribution in [-0.2, 0) is 16.1 Å². The fourth-order valence-corrected chi connectivity index (χ4v) is 3.35. The molecule has 0 saturated carbocycles. The molecule has 1 aromatic carbocycles. The molecule has 26 heavy (non-hydrogen) atoms. The van der Waals surface area contributed by atoms with Gasteiger partial charge in [-0.1, -0.05) is 28.1 Å². The molecule has 0 aliphatic carbocycles. The van der Waals surface area contributed by atoms with Gasteiger partial charge in [0.05, 0.1) is 5.92 Å². The first-order valence-electron chi connectivity index (χ1n) is 9.20. The molecule has 0 N–H and O–H groups in total. The molecule has 1 aliphatic heterocycles. The Balaban J connectivity index is 1.99. The van der Waals surface area contributed by atoms with Crippen LogP contribution in [0.15, 0.2) is 28.7 Å². The van der Waals surface area contributed by atoms with E-state index in [-0.39, 0.29) is 17.9 Å². The van der Waals surface area contributed by atoms with Gasteiger partial charge in [0, 0.05) is 30.7 Å². The van der Waals surface area contributed by atoms with Crippen LogP contribution in [0.3, 0.4) is 0 Å². The Morgan fingerprint density at radius 3 is 2.50 bits per heavy atom.